The van der Waals surface area contributed by atoms with Gasteiger partial charge in [-0.05, 0) is 35.7 Å². The van der Waals surface area contributed by atoms with E-state index in [9.17, 15) is 0 Å². The van der Waals surface area contributed by atoms with Crippen LogP contribution in [0.25, 0.3) is 0 Å². The van der Waals surface area contributed by atoms with E-state index in [0.29, 0.717) is 17.9 Å². The topological polar surface area (TPSA) is 57.9 Å². The Morgan fingerprint density at radius 1 is 1.29 bits per heavy atom. The normalized spacial score (nSPS) is 10.1. The zero-order valence-electron chi connectivity index (χ0n) is 12.4. The number of aryl methyl sites for hydroxylation is 1. The second kappa shape index (κ2) is 7.41. The van der Waals surface area contributed by atoms with Gasteiger partial charge in [0.25, 0.3) is 0 Å². The van der Waals surface area contributed by atoms with E-state index in [1.54, 1.807) is 7.11 Å². The van der Waals surface area contributed by atoms with Crippen molar-refractivity contribution in [1.29, 1.82) is 5.26 Å². The number of nitriles is 1. The average Bonchev–Trinajstić information content (AvgIpc) is 2.55. The lowest BCUT2D eigenvalue weighted by atomic mass is 10.1. The molecule has 1 N–H and O–H groups in total. The third-order valence-corrected chi connectivity index (χ3v) is 3.37. The van der Waals surface area contributed by atoms with Gasteiger partial charge in [-0.25, -0.2) is 0 Å². The first kappa shape index (κ1) is 15.0. The quantitative estimate of drug-likeness (QED) is 0.884. The molecule has 2 aromatic rings. The third kappa shape index (κ3) is 3.80. The van der Waals surface area contributed by atoms with Crippen LogP contribution in [0.2, 0.25) is 0 Å². The van der Waals surface area contributed by atoms with Crippen molar-refractivity contribution in [2.75, 3.05) is 7.11 Å². The molecule has 1 aromatic carbocycles. The van der Waals surface area contributed by atoms with E-state index in [2.05, 4.69) is 29.4 Å². The fourth-order valence-corrected chi connectivity index (χ4v) is 2.23. The second-order valence-corrected chi connectivity index (χ2v) is 4.71. The lowest BCUT2D eigenvalue weighted by molar-refractivity contribution is 0.413. The summed E-state index contributed by atoms with van der Waals surface area (Å²) in [6.45, 7) is 3.54. The standard InChI is InChI=1S/C17H19N3O/c1-3-14-5-4-8-20-16(14)12-19-11-13-6-7-17(21-2)15(9-13)10-18/h4-9,19H,3,11-12H2,1-2H3. The fraction of sp³-hybridized carbons (Fsp3) is 0.294. The Hall–Kier alpha value is -2.38. The van der Waals surface area contributed by atoms with Crippen molar-refractivity contribution in [3.05, 3.63) is 58.9 Å². The van der Waals surface area contributed by atoms with Crippen LogP contribution >= 0.6 is 0 Å². The summed E-state index contributed by atoms with van der Waals surface area (Å²) in [5.41, 5.74) is 3.96. The van der Waals surface area contributed by atoms with Crippen molar-refractivity contribution < 1.29 is 4.74 Å². The molecule has 0 atom stereocenters. The second-order valence-electron chi connectivity index (χ2n) is 4.71. The predicted molar refractivity (Wildman–Crippen MR) is 81.9 cm³/mol. The molecule has 1 heterocycles. The molecular formula is C17H19N3O. The minimum absolute atomic E-state index is 0.559. The number of rotatable bonds is 6. The third-order valence-electron chi connectivity index (χ3n) is 3.37. The molecule has 0 aliphatic carbocycles. The van der Waals surface area contributed by atoms with Crippen LogP contribution in [0.3, 0.4) is 0 Å². The Labute approximate surface area is 125 Å². The zero-order valence-corrected chi connectivity index (χ0v) is 12.4. The van der Waals surface area contributed by atoms with Gasteiger partial charge in [-0.2, -0.15) is 5.26 Å². The van der Waals surface area contributed by atoms with E-state index in [-0.39, 0.29) is 0 Å². The molecule has 0 unspecified atom stereocenters. The molecule has 0 saturated carbocycles. The lowest BCUT2D eigenvalue weighted by Crippen LogP contribution is -2.15. The molecule has 21 heavy (non-hydrogen) atoms. The van der Waals surface area contributed by atoms with Crippen molar-refractivity contribution in [2.45, 2.75) is 26.4 Å². The summed E-state index contributed by atoms with van der Waals surface area (Å²) in [6.07, 6.45) is 2.79. The molecular weight excluding hydrogens is 262 g/mol. The summed E-state index contributed by atoms with van der Waals surface area (Å²) in [7, 11) is 1.57. The number of methoxy groups -OCH3 is 1. The Balaban J connectivity index is 1.99. The van der Waals surface area contributed by atoms with Crippen LogP contribution in [0.5, 0.6) is 5.75 Å². The van der Waals surface area contributed by atoms with Gasteiger partial charge in [0, 0.05) is 19.3 Å². The largest absolute Gasteiger partial charge is 0.495 e. The van der Waals surface area contributed by atoms with Gasteiger partial charge < -0.3 is 10.1 Å². The van der Waals surface area contributed by atoms with Gasteiger partial charge in [0.1, 0.15) is 11.8 Å². The van der Waals surface area contributed by atoms with E-state index < -0.39 is 0 Å². The number of aromatic nitrogens is 1. The maximum absolute atomic E-state index is 9.09. The van der Waals surface area contributed by atoms with E-state index in [1.165, 1.54) is 5.56 Å². The minimum Gasteiger partial charge on any atom is -0.495 e. The first-order valence-corrected chi connectivity index (χ1v) is 6.99. The van der Waals surface area contributed by atoms with E-state index in [1.807, 2.05) is 30.5 Å². The summed E-state index contributed by atoms with van der Waals surface area (Å²) in [5, 5.41) is 12.5. The highest BCUT2D eigenvalue weighted by atomic mass is 16.5. The van der Waals surface area contributed by atoms with Crippen molar-refractivity contribution >= 4 is 0 Å². The number of hydrogen-bond donors (Lipinski definition) is 1. The van der Waals surface area contributed by atoms with Crippen LogP contribution in [0.15, 0.2) is 36.5 Å². The Morgan fingerprint density at radius 3 is 2.86 bits per heavy atom. The minimum atomic E-state index is 0.559. The van der Waals surface area contributed by atoms with E-state index >= 15 is 0 Å². The number of pyridine rings is 1. The summed E-state index contributed by atoms with van der Waals surface area (Å²) in [5.74, 6) is 0.610. The van der Waals surface area contributed by atoms with Gasteiger partial charge in [0.05, 0.1) is 18.4 Å². The molecule has 1 aromatic heterocycles. The number of ether oxygens (including phenoxy) is 1. The molecule has 108 valence electrons. The highest BCUT2D eigenvalue weighted by Gasteiger charge is 2.04. The Kier molecular flexibility index (Phi) is 5.30. The summed E-state index contributed by atoms with van der Waals surface area (Å²) in [4.78, 5) is 4.41. The van der Waals surface area contributed by atoms with Crippen molar-refractivity contribution in [2.24, 2.45) is 0 Å². The van der Waals surface area contributed by atoms with Crippen LogP contribution in [-0.4, -0.2) is 12.1 Å². The summed E-state index contributed by atoms with van der Waals surface area (Å²) in [6, 6.07) is 11.9. The van der Waals surface area contributed by atoms with E-state index in [4.69, 9.17) is 10.00 Å². The molecule has 4 nitrogen and oxygen atoms in total. The lowest BCUT2D eigenvalue weighted by Gasteiger charge is -2.09. The van der Waals surface area contributed by atoms with Crippen molar-refractivity contribution in [1.82, 2.24) is 10.3 Å². The Morgan fingerprint density at radius 2 is 2.14 bits per heavy atom. The van der Waals surface area contributed by atoms with Gasteiger partial charge in [-0.3, -0.25) is 4.98 Å². The van der Waals surface area contributed by atoms with Crippen LogP contribution in [0.1, 0.15) is 29.3 Å². The molecule has 0 saturated heterocycles. The summed E-state index contributed by atoms with van der Waals surface area (Å²) >= 11 is 0. The number of hydrogen-bond acceptors (Lipinski definition) is 4. The Bertz CT molecular complexity index is 647. The van der Waals surface area contributed by atoms with Gasteiger partial charge in [-0.1, -0.05) is 19.1 Å². The maximum atomic E-state index is 9.09. The van der Waals surface area contributed by atoms with Crippen LogP contribution in [0.4, 0.5) is 0 Å². The molecule has 0 radical (unpaired) electrons. The molecule has 0 amide bonds. The maximum Gasteiger partial charge on any atom is 0.136 e. The fourth-order valence-electron chi connectivity index (χ4n) is 2.23. The van der Waals surface area contributed by atoms with Gasteiger partial charge in [-0.15, -0.1) is 0 Å². The highest BCUT2D eigenvalue weighted by molar-refractivity contribution is 5.45. The van der Waals surface area contributed by atoms with Crippen molar-refractivity contribution in [3.63, 3.8) is 0 Å². The average molecular weight is 281 g/mol. The van der Waals surface area contributed by atoms with Gasteiger partial charge in [0.15, 0.2) is 0 Å². The molecule has 4 heteroatoms. The first-order valence-electron chi connectivity index (χ1n) is 6.99. The monoisotopic (exact) mass is 281 g/mol. The zero-order chi connectivity index (χ0) is 15.1. The number of nitrogens with one attached hydrogen (secondary N) is 1. The van der Waals surface area contributed by atoms with E-state index in [0.717, 1.165) is 24.2 Å². The SMILES string of the molecule is CCc1cccnc1CNCc1ccc(OC)c(C#N)c1. The first-order chi connectivity index (χ1) is 10.3. The summed E-state index contributed by atoms with van der Waals surface area (Å²) < 4.78 is 5.14. The van der Waals surface area contributed by atoms with Gasteiger partial charge in [0.2, 0.25) is 0 Å². The van der Waals surface area contributed by atoms with Gasteiger partial charge >= 0.3 is 0 Å². The number of nitrogens with zero attached hydrogens (tertiary/aromatic N) is 2. The molecule has 2 rings (SSSR count). The van der Waals surface area contributed by atoms with Crippen LogP contribution in [-0.2, 0) is 19.5 Å². The predicted octanol–water partition coefficient (Wildman–Crippen LogP) is 2.81. The smallest absolute Gasteiger partial charge is 0.136 e. The van der Waals surface area contributed by atoms with Crippen LogP contribution in [0, 0.1) is 11.3 Å². The molecule has 0 aliphatic heterocycles. The number of benzene rings is 1. The van der Waals surface area contributed by atoms with Crippen LogP contribution < -0.4 is 10.1 Å². The molecule has 0 bridgehead atoms. The molecule has 0 fully saturated rings. The molecule has 0 spiro atoms. The molecule has 0 aliphatic rings. The highest BCUT2D eigenvalue weighted by Crippen LogP contribution is 2.18. The van der Waals surface area contributed by atoms with Crippen molar-refractivity contribution in [3.8, 4) is 11.8 Å².